The van der Waals surface area contributed by atoms with Gasteiger partial charge >= 0.3 is 0 Å². The lowest BCUT2D eigenvalue weighted by Crippen LogP contribution is -2.31. The van der Waals surface area contributed by atoms with Gasteiger partial charge in [-0.1, -0.05) is 25.1 Å². The summed E-state index contributed by atoms with van der Waals surface area (Å²) in [5.74, 6) is 1.52. The van der Waals surface area contributed by atoms with Gasteiger partial charge in [-0.3, -0.25) is 0 Å². The minimum absolute atomic E-state index is 0.231. The molecule has 0 aromatic heterocycles. The van der Waals surface area contributed by atoms with Crippen molar-refractivity contribution in [3.8, 4) is 5.75 Å². The van der Waals surface area contributed by atoms with Crippen molar-refractivity contribution in [3.63, 3.8) is 0 Å². The van der Waals surface area contributed by atoms with E-state index in [1.165, 1.54) is 5.56 Å². The molecule has 0 fully saturated rings. The van der Waals surface area contributed by atoms with Crippen molar-refractivity contribution in [2.24, 2.45) is 0 Å². The minimum atomic E-state index is -0.231. The standard InChI is InChI=1S/C14H21NO2/c1-2-12(16)10-15-9-11-7-8-17-14-6-4-3-5-13(11)14/h3-6,11-12,15-16H,2,7-10H2,1H3. The van der Waals surface area contributed by atoms with Crippen LogP contribution in [0.4, 0.5) is 0 Å². The number of rotatable bonds is 5. The quantitative estimate of drug-likeness (QED) is 0.819. The average molecular weight is 235 g/mol. The van der Waals surface area contributed by atoms with Crippen molar-refractivity contribution < 1.29 is 9.84 Å². The van der Waals surface area contributed by atoms with E-state index in [9.17, 15) is 5.11 Å². The summed E-state index contributed by atoms with van der Waals surface area (Å²) in [7, 11) is 0. The Kier molecular flexibility index (Phi) is 4.40. The van der Waals surface area contributed by atoms with Gasteiger partial charge in [-0.2, -0.15) is 0 Å². The first-order chi connectivity index (χ1) is 8.31. The summed E-state index contributed by atoms with van der Waals surface area (Å²) in [6.07, 6.45) is 1.62. The summed E-state index contributed by atoms with van der Waals surface area (Å²) in [4.78, 5) is 0. The summed E-state index contributed by atoms with van der Waals surface area (Å²) in [5, 5.41) is 12.8. The molecule has 0 saturated carbocycles. The zero-order valence-corrected chi connectivity index (χ0v) is 10.4. The maximum absolute atomic E-state index is 9.50. The van der Waals surface area contributed by atoms with E-state index in [0.29, 0.717) is 12.5 Å². The lowest BCUT2D eigenvalue weighted by Gasteiger charge is -2.26. The second-order valence-electron chi connectivity index (χ2n) is 4.59. The fraction of sp³-hybridized carbons (Fsp3) is 0.571. The molecular formula is C14H21NO2. The summed E-state index contributed by atoms with van der Waals surface area (Å²) in [6.45, 7) is 4.38. The number of para-hydroxylation sites is 1. The van der Waals surface area contributed by atoms with Crippen LogP contribution >= 0.6 is 0 Å². The van der Waals surface area contributed by atoms with Crippen LogP contribution in [0.25, 0.3) is 0 Å². The Labute approximate surface area is 103 Å². The van der Waals surface area contributed by atoms with Gasteiger partial charge in [0.05, 0.1) is 12.7 Å². The Hall–Kier alpha value is -1.06. The van der Waals surface area contributed by atoms with Gasteiger partial charge in [0.2, 0.25) is 0 Å². The summed E-state index contributed by atoms with van der Waals surface area (Å²) in [6, 6.07) is 8.23. The van der Waals surface area contributed by atoms with E-state index >= 15 is 0 Å². The van der Waals surface area contributed by atoms with Crippen molar-refractivity contribution in [1.82, 2.24) is 5.32 Å². The van der Waals surface area contributed by atoms with Gasteiger partial charge < -0.3 is 15.2 Å². The highest BCUT2D eigenvalue weighted by Crippen LogP contribution is 2.32. The minimum Gasteiger partial charge on any atom is -0.493 e. The number of fused-ring (bicyclic) bond motifs is 1. The van der Waals surface area contributed by atoms with Crippen molar-refractivity contribution in [2.45, 2.75) is 31.8 Å². The second kappa shape index (κ2) is 6.03. The van der Waals surface area contributed by atoms with Crippen LogP contribution in [0.3, 0.4) is 0 Å². The highest BCUT2D eigenvalue weighted by atomic mass is 16.5. The highest BCUT2D eigenvalue weighted by Gasteiger charge is 2.20. The second-order valence-corrected chi connectivity index (χ2v) is 4.59. The van der Waals surface area contributed by atoms with E-state index in [4.69, 9.17) is 4.74 Å². The molecular weight excluding hydrogens is 214 g/mol. The number of ether oxygens (including phenoxy) is 1. The molecule has 2 atom stereocenters. The van der Waals surface area contributed by atoms with Crippen LogP contribution in [0.2, 0.25) is 0 Å². The maximum atomic E-state index is 9.50. The molecule has 1 aromatic rings. The van der Waals surface area contributed by atoms with Crippen LogP contribution in [0, 0.1) is 0 Å². The number of benzene rings is 1. The zero-order valence-electron chi connectivity index (χ0n) is 10.4. The molecule has 1 aliphatic heterocycles. The third-order valence-electron chi connectivity index (χ3n) is 3.32. The summed E-state index contributed by atoms with van der Waals surface area (Å²) >= 11 is 0. The lowest BCUT2D eigenvalue weighted by atomic mass is 9.93. The van der Waals surface area contributed by atoms with Crippen molar-refractivity contribution in [3.05, 3.63) is 29.8 Å². The lowest BCUT2D eigenvalue weighted by molar-refractivity contribution is 0.165. The molecule has 3 heteroatoms. The topological polar surface area (TPSA) is 41.5 Å². The zero-order chi connectivity index (χ0) is 12.1. The Bertz CT molecular complexity index is 354. The fourth-order valence-electron chi connectivity index (χ4n) is 2.20. The first-order valence-corrected chi connectivity index (χ1v) is 6.41. The molecule has 0 amide bonds. The van der Waals surface area contributed by atoms with Crippen LogP contribution in [0.1, 0.15) is 31.2 Å². The van der Waals surface area contributed by atoms with Gasteiger partial charge in [-0.15, -0.1) is 0 Å². The highest BCUT2D eigenvalue weighted by molar-refractivity contribution is 5.37. The molecule has 2 unspecified atom stereocenters. The van der Waals surface area contributed by atoms with Gasteiger partial charge in [0.25, 0.3) is 0 Å². The average Bonchev–Trinajstić information content (AvgIpc) is 2.39. The maximum Gasteiger partial charge on any atom is 0.122 e. The molecule has 0 radical (unpaired) electrons. The first-order valence-electron chi connectivity index (χ1n) is 6.41. The molecule has 1 aliphatic rings. The predicted octanol–water partition coefficient (Wildman–Crippen LogP) is 1.91. The molecule has 2 N–H and O–H groups in total. The van der Waals surface area contributed by atoms with Gasteiger partial charge in [-0.05, 0) is 24.5 Å². The monoisotopic (exact) mass is 235 g/mol. The van der Waals surface area contributed by atoms with Crippen LogP contribution in [-0.2, 0) is 0 Å². The van der Waals surface area contributed by atoms with Crippen molar-refractivity contribution >= 4 is 0 Å². The molecule has 1 heterocycles. The fourth-order valence-corrected chi connectivity index (χ4v) is 2.20. The SMILES string of the molecule is CCC(O)CNCC1CCOc2ccccc21. The van der Waals surface area contributed by atoms with Crippen LogP contribution < -0.4 is 10.1 Å². The van der Waals surface area contributed by atoms with Gasteiger partial charge in [-0.25, -0.2) is 0 Å². The van der Waals surface area contributed by atoms with Crippen LogP contribution in [-0.4, -0.2) is 30.9 Å². The number of nitrogens with one attached hydrogen (secondary N) is 1. The Balaban J connectivity index is 1.90. The van der Waals surface area contributed by atoms with Gasteiger partial charge in [0.15, 0.2) is 0 Å². The van der Waals surface area contributed by atoms with Gasteiger partial charge in [0, 0.05) is 19.0 Å². The largest absolute Gasteiger partial charge is 0.493 e. The van der Waals surface area contributed by atoms with Crippen molar-refractivity contribution in [2.75, 3.05) is 19.7 Å². The van der Waals surface area contributed by atoms with E-state index in [2.05, 4.69) is 17.4 Å². The number of aliphatic hydroxyl groups excluding tert-OH is 1. The molecule has 0 spiro atoms. The molecule has 0 bridgehead atoms. The Morgan fingerprint density at radius 3 is 3.12 bits per heavy atom. The molecule has 94 valence electrons. The Morgan fingerprint density at radius 2 is 2.29 bits per heavy atom. The molecule has 3 nitrogen and oxygen atoms in total. The van der Waals surface area contributed by atoms with E-state index in [1.807, 2.05) is 19.1 Å². The third kappa shape index (κ3) is 3.20. The number of hydrogen-bond donors (Lipinski definition) is 2. The normalized spacial score (nSPS) is 20.5. The van der Waals surface area contributed by atoms with Crippen LogP contribution in [0.5, 0.6) is 5.75 Å². The first kappa shape index (κ1) is 12.4. The van der Waals surface area contributed by atoms with E-state index in [-0.39, 0.29) is 6.10 Å². The molecule has 1 aromatic carbocycles. The van der Waals surface area contributed by atoms with Gasteiger partial charge in [0.1, 0.15) is 5.75 Å². The molecule has 17 heavy (non-hydrogen) atoms. The molecule has 0 saturated heterocycles. The Morgan fingerprint density at radius 1 is 1.47 bits per heavy atom. The number of hydrogen-bond acceptors (Lipinski definition) is 3. The summed E-state index contributed by atoms with van der Waals surface area (Å²) in [5.41, 5.74) is 1.29. The summed E-state index contributed by atoms with van der Waals surface area (Å²) < 4.78 is 5.63. The van der Waals surface area contributed by atoms with E-state index in [0.717, 1.165) is 31.7 Å². The predicted molar refractivity (Wildman–Crippen MR) is 68.5 cm³/mol. The van der Waals surface area contributed by atoms with E-state index in [1.54, 1.807) is 0 Å². The molecule has 2 rings (SSSR count). The smallest absolute Gasteiger partial charge is 0.122 e. The third-order valence-corrected chi connectivity index (χ3v) is 3.32. The van der Waals surface area contributed by atoms with Crippen molar-refractivity contribution in [1.29, 1.82) is 0 Å². The number of aliphatic hydroxyl groups is 1. The van der Waals surface area contributed by atoms with E-state index < -0.39 is 0 Å². The molecule has 0 aliphatic carbocycles. The van der Waals surface area contributed by atoms with Crippen LogP contribution in [0.15, 0.2) is 24.3 Å².